The zero-order chi connectivity index (χ0) is 15.8. The smallest absolute Gasteiger partial charge is 0.329 e. The number of hydrazone groups is 1. The van der Waals surface area contributed by atoms with Crippen LogP contribution in [0.5, 0.6) is 11.5 Å². The molecule has 1 rings (SSSR count). The molecular weight excluding hydrogens is 389 g/mol. The monoisotopic (exact) mass is 405 g/mol. The molecule has 114 valence electrons. The molecule has 0 spiro atoms. The van der Waals surface area contributed by atoms with Crippen molar-refractivity contribution in [2.75, 3.05) is 20.8 Å². The number of hydrogen-bond acceptors (Lipinski definition) is 5. The summed E-state index contributed by atoms with van der Waals surface area (Å²) in [4.78, 5) is 22.2. The number of likely N-dealkylation sites (N-methyl/N-ethyl adjacent to an activating group) is 1. The average molecular weight is 405 g/mol. The molecule has 0 aliphatic carbocycles. The Morgan fingerprint density at radius 1 is 1.38 bits per heavy atom. The Balaban J connectivity index is 2.89. The fourth-order valence-corrected chi connectivity index (χ4v) is 2.30. The highest BCUT2D eigenvalue weighted by molar-refractivity contribution is 14.1. The summed E-state index contributed by atoms with van der Waals surface area (Å²) in [5.41, 5.74) is 2.83. The zero-order valence-corrected chi connectivity index (χ0v) is 14.1. The largest absolute Gasteiger partial charge is 0.492 e. The second-order valence-electron chi connectivity index (χ2n) is 3.75. The molecule has 0 saturated carbocycles. The first kappa shape index (κ1) is 17.2. The highest BCUT2D eigenvalue weighted by atomic mass is 127. The van der Waals surface area contributed by atoms with Crippen LogP contribution < -0.4 is 20.2 Å². The number of amides is 2. The van der Waals surface area contributed by atoms with Gasteiger partial charge in [-0.25, -0.2) is 5.43 Å². The van der Waals surface area contributed by atoms with Crippen molar-refractivity contribution < 1.29 is 19.1 Å². The standard InChI is InChI=1S/C13H16IN3O4/c1-4-21-10-6-8(5-9(14)11(10)20-3)7-16-17-13(19)12(18)15-2/h5-7H,4H2,1-3H3,(H,15,18)(H,17,19)/b16-7-. The third kappa shape index (κ3) is 4.88. The molecule has 0 atom stereocenters. The number of ether oxygens (including phenoxy) is 2. The molecule has 1 aromatic carbocycles. The maximum Gasteiger partial charge on any atom is 0.329 e. The van der Waals surface area contributed by atoms with Crippen LogP contribution in [0.2, 0.25) is 0 Å². The summed E-state index contributed by atoms with van der Waals surface area (Å²) in [7, 11) is 2.93. The van der Waals surface area contributed by atoms with Crippen molar-refractivity contribution in [2.24, 2.45) is 5.10 Å². The Morgan fingerprint density at radius 2 is 2.10 bits per heavy atom. The number of halogens is 1. The maximum atomic E-state index is 11.2. The molecule has 2 N–H and O–H groups in total. The Kier molecular flexibility index (Phi) is 6.92. The van der Waals surface area contributed by atoms with Gasteiger partial charge in [0.15, 0.2) is 11.5 Å². The number of methoxy groups -OCH3 is 1. The summed E-state index contributed by atoms with van der Waals surface area (Å²) in [5.74, 6) is -0.358. The van der Waals surface area contributed by atoms with Crippen molar-refractivity contribution >= 4 is 40.6 Å². The van der Waals surface area contributed by atoms with Crippen molar-refractivity contribution in [2.45, 2.75) is 6.92 Å². The van der Waals surface area contributed by atoms with Gasteiger partial charge in [-0.2, -0.15) is 5.10 Å². The Labute approximate surface area is 136 Å². The van der Waals surface area contributed by atoms with Gasteiger partial charge in [0, 0.05) is 7.05 Å². The summed E-state index contributed by atoms with van der Waals surface area (Å²) in [6, 6.07) is 3.55. The lowest BCUT2D eigenvalue weighted by atomic mass is 10.2. The van der Waals surface area contributed by atoms with Crippen molar-refractivity contribution in [1.29, 1.82) is 0 Å². The van der Waals surface area contributed by atoms with Gasteiger partial charge in [0.05, 0.1) is 23.5 Å². The summed E-state index contributed by atoms with van der Waals surface area (Å²) in [5, 5.41) is 5.92. The lowest BCUT2D eigenvalue weighted by Crippen LogP contribution is -2.35. The van der Waals surface area contributed by atoms with Gasteiger partial charge < -0.3 is 14.8 Å². The molecule has 8 heteroatoms. The van der Waals surface area contributed by atoms with Gasteiger partial charge in [0.2, 0.25) is 0 Å². The molecule has 0 bridgehead atoms. The van der Waals surface area contributed by atoms with Crippen molar-refractivity contribution in [3.05, 3.63) is 21.3 Å². The summed E-state index contributed by atoms with van der Waals surface area (Å²) in [6.45, 7) is 2.37. The summed E-state index contributed by atoms with van der Waals surface area (Å²) < 4.78 is 11.6. The van der Waals surface area contributed by atoms with Gasteiger partial charge in [-0.05, 0) is 47.2 Å². The zero-order valence-electron chi connectivity index (χ0n) is 11.9. The van der Waals surface area contributed by atoms with Crippen LogP contribution in [-0.4, -0.2) is 38.8 Å². The highest BCUT2D eigenvalue weighted by Gasteiger charge is 2.11. The molecule has 0 aliphatic heterocycles. The first-order chi connectivity index (χ1) is 10.0. The van der Waals surface area contributed by atoms with Crippen molar-refractivity contribution in [3.8, 4) is 11.5 Å². The van der Waals surface area contributed by atoms with Gasteiger partial charge in [0.25, 0.3) is 0 Å². The molecule has 0 aliphatic rings. The molecule has 0 fully saturated rings. The SMILES string of the molecule is CCOc1cc(/C=N\NC(=O)C(=O)NC)cc(I)c1OC. The minimum atomic E-state index is -0.831. The highest BCUT2D eigenvalue weighted by Crippen LogP contribution is 2.33. The second-order valence-corrected chi connectivity index (χ2v) is 4.91. The number of nitrogens with one attached hydrogen (secondary N) is 2. The van der Waals surface area contributed by atoms with Gasteiger partial charge in [0.1, 0.15) is 0 Å². The molecule has 0 radical (unpaired) electrons. The van der Waals surface area contributed by atoms with Crippen LogP contribution >= 0.6 is 22.6 Å². The summed E-state index contributed by atoms with van der Waals surface area (Å²) >= 11 is 2.11. The van der Waals surface area contributed by atoms with Crippen LogP contribution in [0.4, 0.5) is 0 Å². The lowest BCUT2D eigenvalue weighted by Gasteiger charge is -2.11. The molecule has 0 unspecified atom stereocenters. The minimum Gasteiger partial charge on any atom is -0.492 e. The van der Waals surface area contributed by atoms with E-state index in [1.165, 1.54) is 13.3 Å². The molecule has 0 saturated heterocycles. The molecule has 1 aromatic rings. The fraction of sp³-hybridized carbons (Fsp3) is 0.308. The molecule has 0 aromatic heterocycles. The van der Waals surface area contributed by atoms with Crippen molar-refractivity contribution in [1.82, 2.24) is 10.7 Å². The number of carbonyl (C=O) groups excluding carboxylic acids is 2. The maximum absolute atomic E-state index is 11.2. The molecule has 21 heavy (non-hydrogen) atoms. The number of nitrogens with zero attached hydrogens (tertiary/aromatic N) is 1. The van der Waals surface area contributed by atoms with Crippen LogP contribution in [-0.2, 0) is 9.59 Å². The van der Waals surface area contributed by atoms with E-state index in [2.05, 4.69) is 38.4 Å². The second kappa shape index (κ2) is 8.45. The Bertz CT molecular complexity index is 561. The quantitative estimate of drug-likeness (QED) is 0.330. The van der Waals surface area contributed by atoms with Crippen LogP contribution in [0, 0.1) is 3.57 Å². The normalized spacial score (nSPS) is 10.3. The van der Waals surface area contributed by atoms with Crippen LogP contribution in [0.15, 0.2) is 17.2 Å². The molecule has 2 amide bonds. The molecule has 7 nitrogen and oxygen atoms in total. The van der Waals surface area contributed by atoms with E-state index >= 15 is 0 Å². The topological polar surface area (TPSA) is 89.0 Å². The fourth-order valence-electron chi connectivity index (χ4n) is 1.45. The van der Waals surface area contributed by atoms with Crippen LogP contribution in [0.3, 0.4) is 0 Å². The molecular formula is C13H16IN3O4. The van der Waals surface area contributed by atoms with Crippen molar-refractivity contribution in [3.63, 3.8) is 0 Å². The van der Waals surface area contributed by atoms with Gasteiger partial charge in [-0.15, -0.1) is 0 Å². The first-order valence-corrected chi connectivity index (χ1v) is 7.16. The predicted octanol–water partition coefficient (Wildman–Crippen LogP) is 0.895. The van der Waals surface area contributed by atoms with E-state index in [1.807, 2.05) is 13.0 Å². The van der Waals surface area contributed by atoms with E-state index in [0.717, 1.165) is 3.57 Å². The lowest BCUT2D eigenvalue weighted by molar-refractivity contribution is -0.138. The Morgan fingerprint density at radius 3 is 2.67 bits per heavy atom. The third-order valence-corrected chi connectivity index (χ3v) is 3.15. The average Bonchev–Trinajstić information content (AvgIpc) is 2.46. The van der Waals surface area contributed by atoms with Gasteiger partial charge in [-0.3, -0.25) is 9.59 Å². The van der Waals surface area contributed by atoms with E-state index in [1.54, 1.807) is 13.2 Å². The number of benzene rings is 1. The third-order valence-electron chi connectivity index (χ3n) is 2.35. The summed E-state index contributed by atoms with van der Waals surface area (Å²) in [6.07, 6.45) is 1.42. The predicted molar refractivity (Wildman–Crippen MR) is 86.7 cm³/mol. The molecule has 0 heterocycles. The van der Waals surface area contributed by atoms with Crippen LogP contribution in [0.1, 0.15) is 12.5 Å². The van der Waals surface area contributed by atoms with Gasteiger partial charge >= 0.3 is 11.8 Å². The number of rotatable bonds is 5. The van der Waals surface area contributed by atoms with Gasteiger partial charge in [-0.1, -0.05) is 0 Å². The van der Waals surface area contributed by atoms with Crippen LogP contribution in [0.25, 0.3) is 0 Å². The van der Waals surface area contributed by atoms with E-state index < -0.39 is 11.8 Å². The van der Waals surface area contributed by atoms with E-state index in [9.17, 15) is 9.59 Å². The first-order valence-electron chi connectivity index (χ1n) is 6.08. The minimum absolute atomic E-state index is 0.500. The number of hydrogen-bond donors (Lipinski definition) is 2. The van der Waals surface area contributed by atoms with E-state index in [4.69, 9.17) is 9.47 Å². The van der Waals surface area contributed by atoms with E-state index in [-0.39, 0.29) is 0 Å². The van der Waals surface area contributed by atoms with E-state index in [0.29, 0.717) is 23.7 Å². The number of carbonyl (C=O) groups is 2. The Hall–Kier alpha value is -1.84.